The molecule has 2 amide bonds. The molecule has 3 rings (SSSR count). The number of carbonyl (C=O) groups excluding carboxylic acids is 1. The van der Waals surface area contributed by atoms with Crippen molar-refractivity contribution in [3.63, 3.8) is 0 Å². The number of amides is 2. The molecule has 26 heavy (non-hydrogen) atoms. The number of nitro groups is 1. The molecule has 0 aliphatic carbocycles. The summed E-state index contributed by atoms with van der Waals surface area (Å²) in [6.45, 7) is 2.53. The first kappa shape index (κ1) is 17.7. The van der Waals surface area contributed by atoms with Gasteiger partial charge in [0.25, 0.3) is 5.69 Å². The number of carbonyl (C=O) groups is 1. The number of urea groups is 1. The molecule has 0 aromatic heterocycles. The molecule has 9 nitrogen and oxygen atoms in total. The minimum absolute atomic E-state index is 0.0175. The molecule has 0 bridgehead atoms. The molecule has 1 heterocycles. The fraction of sp³-hybridized carbons (Fsp3) is 0.188. The zero-order chi connectivity index (χ0) is 18.9. The summed E-state index contributed by atoms with van der Waals surface area (Å²) in [5, 5.41) is 13.5. The van der Waals surface area contributed by atoms with E-state index in [1.54, 1.807) is 0 Å². The lowest BCUT2D eigenvalue weighted by atomic mass is 10.2. The van der Waals surface area contributed by atoms with Crippen molar-refractivity contribution in [2.24, 2.45) is 0 Å². The molecule has 0 saturated carbocycles. The number of nitro benzene ring substituents is 1. The Morgan fingerprint density at radius 3 is 2.42 bits per heavy atom. The number of rotatable bonds is 5. The van der Waals surface area contributed by atoms with E-state index in [1.165, 1.54) is 54.3 Å². The van der Waals surface area contributed by atoms with Gasteiger partial charge in [0.05, 0.1) is 4.92 Å². The van der Waals surface area contributed by atoms with E-state index in [9.17, 15) is 23.3 Å². The molecule has 0 unspecified atom stereocenters. The van der Waals surface area contributed by atoms with Gasteiger partial charge in [0.15, 0.2) is 0 Å². The molecule has 2 aromatic rings. The highest BCUT2D eigenvalue weighted by atomic mass is 32.2. The summed E-state index contributed by atoms with van der Waals surface area (Å²) in [7, 11) is -4.11. The third-order valence-electron chi connectivity index (χ3n) is 3.86. The van der Waals surface area contributed by atoms with Crippen LogP contribution in [0.4, 0.5) is 16.2 Å². The monoisotopic (exact) mass is 377 g/mol. The summed E-state index contributed by atoms with van der Waals surface area (Å²) in [5.41, 5.74) is 0.742. The second-order valence-corrected chi connectivity index (χ2v) is 7.17. The van der Waals surface area contributed by atoms with Gasteiger partial charge in [-0.3, -0.25) is 15.0 Å². The number of nitrogens with zero attached hydrogens (tertiary/aromatic N) is 2. The van der Waals surface area contributed by atoms with E-state index < -0.39 is 15.0 Å². The predicted molar refractivity (Wildman–Crippen MR) is 92.8 cm³/mol. The van der Waals surface area contributed by atoms with Crippen molar-refractivity contribution in [2.75, 3.05) is 18.0 Å². The van der Waals surface area contributed by atoms with Gasteiger partial charge in [-0.15, -0.1) is 0 Å². The molecule has 136 valence electrons. The van der Waals surface area contributed by atoms with Gasteiger partial charge in [0, 0.05) is 30.4 Å². The zero-order valence-corrected chi connectivity index (χ0v) is 14.5. The van der Waals surface area contributed by atoms with E-state index in [1.807, 2.05) is 0 Å². The van der Waals surface area contributed by atoms with Crippen LogP contribution in [0.25, 0.3) is 0 Å². The predicted octanol–water partition coefficient (Wildman–Crippen LogP) is 2.20. The number of hydrogen-bond donors (Lipinski definition) is 1. The fourth-order valence-corrected chi connectivity index (χ4v) is 3.49. The minimum atomic E-state index is -4.11. The highest BCUT2D eigenvalue weighted by Crippen LogP contribution is 2.26. The van der Waals surface area contributed by atoms with Crippen LogP contribution in [0.15, 0.2) is 47.4 Å². The molecule has 1 fully saturated rings. The first-order valence-electron chi connectivity index (χ1n) is 7.63. The molecule has 0 atom stereocenters. The maximum atomic E-state index is 12.4. The van der Waals surface area contributed by atoms with Gasteiger partial charge < -0.3 is 9.50 Å². The van der Waals surface area contributed by atoms with Crippen LogP contribution in [-0.2, 0) is 10.1 Å². The van der Waals surface area contributed by atoms with Crippen molar-refractivity contribution < 1.29 is 22.3 Å². The maximum Gasteiger partial charge on any atom is 0.339 e. The van der Waals surface area contributed by atoms with E-state index in [2.05, 4.69) is 5.32 Å². The summed E-state index contributed by atoms with van der Waals surface area (Å²) in [6, 6.07) is 9.19. The molecular formula is C16H15N3O6S. The lowest BCUT2D eigenvalue weighted by molar-refractivity contribution is -0.385. The van der Waals surface area contributed by atoms with Gasteiger partial charge >= 0.3 is 16.1 Å². The summed E-state index contributed by atoms with van der Waals surface area (Å²) in [5.74, 6) is -0.0175. The Morgan fingerprint density at radius 1 is 1.19 bits per heavy atom. The SMILES string of the molecule is Cc1cc(OS(=O)(=O)c2ccc(N3CCNC3=O)cc2)ccc1[N+](=O)[O-]. The van der Waals surface area contributed by atoms with E-state index in [-0.39, 0.29) is 27.9 Å². The van der Waals surface area contributed by atoms with Crippen molar-refractivity contribution in [1.29, 1.82) is 0 Å². The molecule has 0 radical (unpaired) electrons. The van der Waals surface area contributed by atoms with Crippen LogP contribution in [0.2, 0.25) is 0 Å². The first-order chi connectivity index (χ1) is 12.3. The van der Waals surface area contributed by atoms with E-state index in [0.717, 1.165) is 0 Å². The molecule has 1 saturated heterocycles. The lowest BCUT2D eigenvalue weighted by Crippen LogP contribution is -2.27. The molecule has 10 heteroatoms. The number of aryl methyl sites for hydroxylation is 1. The van der Waals surface area contributed by atoms with Crippen LogP contribution in [-0.4, -0.2) is 32.5 Å². The molecular weight excluding hydrogens is 362 g/mol. The smallest absolute Gasteiger partial charge is 0.339 e. The van der Waals surface area contributed by atoms with Gasteiger partial charge in [0.2, 0.25) is 0 Å². The Morgan fingerprint density at radius 2 is 1.88 bits per heavy atom. The van der Waals surface area contributed by atoms with Gasteiger partial charge in [-0.05, 0) is 43.3 Å². The van der Waals surface area contributed by atoms with Crippen molar-refractivity contribution in [3.8, 4) is 5.75 Å². The summed E-state index contributed by atoms with van der Waals surface area (Å²) >= 11 is 0. The molecule has 1 N–H and O–H groups in total. The number of hydrogen-bond acceptors (Lipinski definition) is 6. The Hall–Kier alpha value is -3.14. The quantitative estimate of drug-likeness (QED) is 0.485. The van der Waals surface area contributed by atoms with Crippen molar-refractivity contribution in [3.05, 3.63) is 58.1 Å². The third-order valence-corrected chi connectivity index (χ3v) is 5.13. The average Bonchev–Trinajstić information content (AvgIpc) is 3.00. The second-order valence-electron chi connectivity index (χ2n) is 5.62. The Labute approximate surface area is 149 Å². The Bertz CT molecular complexity index is 972. The molecule has 1 aliphatic rings. The van der Waals surface area contributed by atoms with Crippen molar-refractivity contribution in [2.45, 2.75) is 11.8 Å². The normalized spacial score (nSPS) is 14.2. The summed E-state index contributed by atoms with van der Waals surface area (Å²) in [4.78, 5) is 23.3. The van der Waals surface area contributed by atoms with Crippen LogP contribution in [0.1, 0.15) is 5.56 Å². The summed E-state index contributed by atoms with van der Waals surface area (Å²) < 4.78 is 29.8. The van der Waals surface area contributed by atoms with Crippen LogP contribution in [0.5, 0.6) is 5.75 Å². The highest BCUT2D eigenvalue weighted by molar-refractivity contribution is 7.87. The topological polar surface area (TPSA) is 119 Å². The van der Waals surface area contributed by atoms with Crippen molar-refractivity contribution >= 4 is 27.5 Å². The standard InChI is InChI=1S/C16H15N3O6S/c1-11-10-13(4-7-15(11)19(21)22)25-26(23,24)14-5-2-12(3-6-14)18-9-8-17-16(18)20/h2-7,10H,8-9H2,1H3,(H,17,20). The Balaban J connectivity index is 1.81. The number of benzene rings is 2. The van der Waals surface area contributed by atoms with Gasteiger partial charge in [-0.25, -0.2) is 4.79 Å². The van der Waals surface area contributed by atoms with Gasteiger partial charge in [0.1, 0.15) is 10.6 Å². The highest BCUT2D eigenvalue weighted by Gasteiger charge is 2.23. The zero-order valence-electron chi connectivity index (χ0n) is 13.7. The van der Waals surface area contributed by atoms with E-state index in [4.69, 9.17) is 4.18 Å². The minimum Gasteiger partial charge on any atom is -0.379 e. The van der Waals surface area contributed by atoms with Crippen LogP contribution in [0, 0.1) is 17.0 Å². The molecule has 1 aliphatic heterocycles. The van der Waals surface area contributed by atoms with E-state index >= 15 is 0 Å². The van der Waals surface area contributed by atoms with E-state index in [0.29, 0.717) is 18.8 Å². The second kappa shape index (κ2) is 6.64. The average molecular weight is 377 g/mol. The summed E-state index contributed by atoms with van der Waals surface area (Å²) in [6.07, 6.45) is 0. The molecule has 2 aromatic carbocycles. The van der Waals surface area contributed by atoms with Gasteiger partial charge in [-0.2, -0.15) is 8.42 Å². The first-order valence-corrected chi connectivity index (χ1v) is 9.04. The largest absolute Gasteiger partial charge is 0.379 e. The fourth-order valence-electron chi connectivity index (χ4n) is 2.57. The molecule has 0 spiro atoms. The van der Waals surface area contributed by atoms with Crippen LogP contribution >= 0.6 is 0 Å². The Kier molecular flexibility index (Phi) is 4.51. The lowest BCUT2D eigenvalue weighted by Gasteiger charge is -2.14. The van der Waals surface area contributed by atoms with Crippen LogP contribution < -0.4 is 14.4 Å². The number of nitrogens with one attached hydrogen (secondary N) is 1. The maximum absolute atomic E-state index is 12.4. The van der Waals surface area contributed by atoms with Crippen molar-refractivity contribution in [1.82, 2.24) is 5.32 Å². The van der Waals surface area contributed by atoms with Gasteiger partial charge in [-0.1, -0.05) is 0 Å². The van der Waals surface area contributed by atoms with Crippen LogP contribution in [0.3, 0.4) is 0 Å². The third kappa shape index (κ3) is 3.45. The number of anilines is 1.